The van der Waals surface area contributed by atoms with E-state index in [-0.39, 0.29) is 5.02 Å². The van der Waals surface area contributed by atoms with E-state index in [1.54, 1.807) is 0 Å². The van der Waals surface area contributed by atoms with Crippen molar-refractivity contribution >= 4 is 11.6 Å². The van der Waals surface area contributed by atoms with Crippen molar-refractivity contribution in [3.05, 3.63) is 34.6 Å². The standard InChI is InChI=1S/C7H3ClF4/c8-4-1-2-6(9)5(3-4)7(10,11)12/h1-3H. The molecule has 0 atom stereocenters. The Hall–Kier alpha value is -0.770. The molecule has 0 aliphatic heterocycles. The molecule has 0 amide bonds. The molecule has 0 aliphatic rings. The van der Waals surface area contributed by atoms with Crippen LogP contribution in [0, 0.1) is 5.82 Å². The third-order valence-electron chi connectivity index (χ3n) is 1.23. The van der Waals surface area contributed by atoms with Gasteiger partial charge in [-0.2, -0.15) is 13.2 Å². The maximum atomic E-state index is 12.5. The van der Waals surface area contributed by atoms with Gasteiger partial charge >= 0.3 is 6.18 Å². The van der Waals surface area contributed by atoms with Gasteiger partial charge < -0.3 is 0 Å². The highest BCUT2D eigenvalue weighted by molar-refractivity contribution is 6.30. The van der Waals surface area contributed by atoms with Crippen LogP contribution in [0.1, 0.15) is 5.56 Å². The second-order valence-corrected chi connectivity index (χ2v) is 2.56. The molecule has 0 spiro atoms. The summed E-state index contributed by atoms with van der Waals surface area (Å²) >= 11 is 5.26. The van der Waals surface area contributed by atoms with Crippen LogP contribution in [0.4, 0.5) is 17.6 Å². The van der Waals surface area contributed by atoms with Gasteiger partial charge in [0, 0.05) is 5.02 Å². The van der Waals surface area contributed by atoms with Crippen molar-refractivity contribution in [3.8, 4) is 0 Å². The SMILES string of the molecule is Fc1ccc(Cl)cc1C(F)(F)F. The molecule has 0 heterocycles. The van der Waals surface area contributed by atoms with Gasteiger partial charge in [-0.3, -0.25) is 0 Å². The summed E-state index contributed by atoms with van der Waals surface area (Å²) in [6.07, 6.45) is -4.69. The molecule has 0 bridgehead atoms. The summed E-state index contributed by atoms with van der Waals surface area (Å²) in [5, 5.41) is -0.135. The van der Waals surface area contributed by atoms with Gasteiger partial charge in [0.05, 0.1) is 5.56 Å². The van der Waals surface area contributed by atoms with Crippen LogP contribution in [0.25, 0.3) is 0 Å². The van der Waals surface area contributed by atoms with E-state index in [2.05, 4.69) is 0 Å². The van der Waals surface area contributed by atoms with Gasteiger partial charge in [-0.15, -0.1) is 0 Å². The molecular weight excluding hydrogens is 196 g/mol. The molecule has 1 rings (SSSR count). The Morgan fingerprint density at radius 2 is 1.75 bits per heavy atom. The van der Waals surface area contributed by atoms with E-state index in [1.807, 2.05) is 0 Å². The minimum Gasteiger partial charge on any atom is -0.206 e. The quantitative estimate of drug-likeness (QED) is 0.560. The lowest BCUT2D eigenvalue weighted by molar-refractivity contribution is -0.139. The highest BCUT2D eigenvalue weighted by atomic mass is 35.5. The minimum absolute atomic E-state index is 0.135. The van der Waals surface area contributed by atoms with E-state index >= 15 is 0 Å². The molecule has 0 N–H and O–H groups in total. The molecule has 0 aliphatic carbocycles. The Kier molecular flexibility index (Phi) is 2.28. The minimum atomic E-state index is -4.69. The fraction of sp³-hybridized carbons (Fsp3) is 0.143. The first-order valence-corrected chi connectivity index (χ1v) is 3.31. The lowest BCUT2D eigenvalue weighted by atomic mass is 10.2. The molecule has 5 heteroatoms. The van der Waals surface area contributed by atoms with Gasteiger partial charge in [0.15, 0.2) is 0 Å². The molecule has 0 unspecified atom stereocenters. The summed E-state index contributed by atoms with van der Waals surface area (Å²) in [7, 11) is 0. The molecule has 0 nitrogen and oxygen atoms in total. The maximum absolute atomic E-state index is 12.5. The number of halogens is 5. The second kappa shape index (κ2) is 2.94. The molecule has 12 heavy (non-hydrogen) atoms. The third kappa shape index (κ3) is 1.88. The first kappa shape index (κ1) is 9.32. The van der Waals surface area contributed by atoms with Crippen LogP contribution < -0.4 is 0 Å². The van der Waals surface area contributed by atoms with E-state index in [4.69, 9.17) is 11.6 Å². The van der Waals surface area contributed by atoms with E-state index in [0.29, 0.717) is 12.1 Å². The van der Waals surface area contributed by atoms with Gasteiger partial charge in [0.1, 0.15) is 5.82 Å². The molecule has 0 aromatic heterocycles. The molecule has 66 valence electrons. The lowest BCUT2D eigenvalue weighted by Gasteiger charge is -2.07. The van der Waals surface area contributed by atoms with Crippen molar-refractivity contribution in [2.45, 2.75) is 6.18 Å². The van der Waals surface area contributed by atoms with Crippen LogP contribution in [-0.4, -0.2) is 0 Å². The van der Waals surface area contributed by atoms with Crippen molar-refractivity contribution in [1.29, 1.82) is 0 Å². The Morgan fingerprint density at radius 3 is 2.17 bits per heavy atom. The lowest BCUT2D eigenvalue weighted by Crippen LogP contribution is -2.07. The number of hydrogen-bond donors (Lipinski definition) is 0. The van der Waals surface area contributed by atoms with Crippen molar-refractivity contribution in [3.63, 3.8) is 0 Å². The molecule has 0 fully saturated rings. The fourth-order valence-electron chi connectivity index (χ4n) is 0.715. The average Bonchev–Trinajstić information content (AvgIpc) is 1.92. The average molecular weight is 199 g/mol. The highest BCUT2D eigenvalue weighted by Crippen LogP contribution is 2.32. The van der Waals surface area contributed by atoms with Gasteiger partial charge in [0.25, 0.3) is 0 Å². The van der Waals surface area contributed by atoms with Crippen LogP contribution in [0.2, 0.25) is 5.02 Å². The van der Waals surface area contributed by atoms with E-state index in [9.17, 15) is 17.6 Å². The smallest absolute Gasteiger partial charge is 0.206 e. The second-order valence-electron chi connectivity index (χ2n) is 2.12. The maximum Gasteiger partial charge on any atom is 0.419 e. The van der Waals surface area contributed by atoms with Crippen LogP contribution in [0.15, 0.2) is 18.2 Å². The topological polar surface area (TPSA) is 0 Å². The molecule has 0 radical (unpaired) electrons. The summed E-state index contributed by atoms with van der Waals surface area (Å²) in [4.78, 5) is 0. The molecular formula is C7H3ClF4. The van der Waals surface area contributed by atoms with Crippen molar-refractivity contribution in [2.75, 3.05) is 0 Å². The van der Waals surface area contributed by atoms with E-state index < -0.39 is 17.6 Å². The Morgan fingerprint density at radius 1 is 1.17 bits per heavy atom. The van der Waals surface area contributed by atoms with Gasteiger partial charge in [0.2, 0.25) is 0 Å². The predicted octanol–water partition coefficient (Wildman–Crippen LogP) is 3.50. The number of benzene rings is 1. The largest absolute Gasteiger partial charge is 0.419 e. The summed E-state index contributed by atoms with van der Waals surface area (Å²) in [6, 6.07) is 2.30. The highest BCUT2D eigenvalue weighted by Gasteiger charge is 2.33. The van der Waals surface area contributed by atoms with Gasteiger partial charge in [-0.25, -0.2) is 4.39 Å². The molecule has 0 saturated heterocycles. The van der Waals surface area contributed by atoms with Crippen LogP contribution >= 0.6 is 11.6 Å². The molecule has 1 aromatic rings. The first-order valence-electron chi connectivity index (χ1n) is 2.93. The number of hydrogen-bond acceptors (Lipinski definition) is 0. The normalized spacial score (nSPS) is 11.8. The van der Waals surface area contributed by atoms with Crippen LogP contribution in [-0.2, 0) is 6.18 Å². The van der Waals surface area contributed by atoms with Crippen LogP contribution in [0.5, 0.6) is 0 Å². The van der Waals surface area contributed by atoms with Crippen molar-refractivity contribution in [2.24, 2.45) is 0 Å². The number of alkyl halides is 3. The molecule has 0 saturated carbocycles. The summed E-state index contributed by atoms with van der Waals surface area (Å²) in [5.74, 6) is -1.31. The first-order chi connectivity index (χ1) is 5.41. The van der Waals surface area contributed by atoms with Gasteiger partial charge in [-0.1, -0.05) is 11.6 Å². The fourth-order valence-corrected chi connectivity index (χ4v) is 0.887. The van der Waals surface area contributed by atoms with Crippen molar-refractivity contribution < 1.29 is 17.6 Å². The Bertz CT molecular complexity index is 292. The zero-order valence-corrected chi connectivity index (χ0v) is 6.38. The predicted molar refractivity (Wildman–Crippen MR) is 36.4 cm³/mol. The monoisotopic (exact) mass is 198 g/mol. The zero-order chi connectivity index (χ0) is 9.35. The summed E-state index contributed by atoms with van der Waals surface area (Å²) in [5.41, 5.74) is -1.34. The summed E-state index contributed by atoms with van der Waals surface area (Å²) in [6.45, 7) is 0. The third-order valence-corrected chi connectivity index (χ3v) is 1.47. The number of rotatable bonds is 0. The van der Waals surface area contributed by atoms with Crippen molar-refractivity contribution in [1.82, 2.24) is 0 Å². The summed E-state index contributed by atoms with van der Waals surface area (Å²) < 4.78 is 48.3. The zero-order valence-electron chi connectivity index (χ0n) is 5.62. The Balaban J connectivity index is 3.23. The van der Waals surface area contributed by atoms with E-state index in [0.717, 1.165) is 6.07 Å². The molecule has 1 aromatic carbocycles. The van der Waals surface area contributed by atoms with E-state index in [1.165, 1.54) is 0 Å². The van der Waals surface area contributed by atoms with Crippen LogP contribution in [0.3, 0.4) is 0 Å². The Labute approximate surface area is 70.8 Å². The van der Waals surface area contributed by atoms with Gasteiger partial charge in [-0.05, 0) is 18.2 Å².